The van der Waals surface area contributed by atoms with Crippen molar-refractivity contribution in [3.05, 3.63) is 102 Å². The van der Waals surface area contributed by atoms with Crippen molar-refractivity contribution in [1.82, 2.24) is 14.9 Å². The molecule has 1 aliphatic rings. The predicted octanol–water partition coefficient (Wildman–Crippen LogP) is 2.81. The second-order valence-electron chi connectivity index (χ2n) is 9.77. The molecule has 3 aromatic rings. The molecule has 0 heterocycles. The summed E-state index contributed by atoms with van der Waals surface area (Å²) in [5.74, 6) is -0.513. The summed E-state index contributed by atoms with van der Waals surface area (Å²) in [4.78, 5) is 28.7. The lowest BCUT2D eigenvalue weighted by molar-refractivity contribution is -0.141. The van der Waals surface area contributed by atoms with Crippen LogP contribution >= 0.6 is 0 Å². The van der Waals surface area contributed by atoms with E-state index >= 15 is 0 Å². The van der Waals surface area contributed by atoms with Crippen molar-refractivity contribution in [2.75, 3.05) is 13.2 Å². The van der Waals surface area contributed by atoms with Crippen LogP contribution in [0.1, 0.15) is 36.0 Å². The highest BCUT2D eigenvalue weighted by atomic mass is 32.2. The van der Waals surface area contributed by atoms with Crippen molar-refractivity contribution < 1.29 is 23.1 Å². The van der Waals surface area contributed by atoms with E-state index in [9.17, 15) is 23.1 Å². The van der Waals surface area contributed by atoms with Gasteiger partial charge in [-0.1, -0.05) is 72.8 Å². The van der Waals surface area contributed by atoms with E-state index in [1.165, 1.54) is 0 Å². The highest BCUT2D eigenvalue weighted by Crippen LogP contribution is 2.23. The first kappa shape index (κ1) is 28.5. The van der Waals surface area contributed by atoms with Gasteiger partial charge in [-0.15, -0.1) is 0 Å². The summed E-state index contributed by atoms with van der Waals surface area (Å²) in [6, 6.07) is 24.9. The van der Waals surface area contributed by atoms with Crippen molar-refractivity contribution in [1.29, 1.82) is 0 Å². The number of carbonyl (C=O) groups excluding carboxylic acids is 2. The maximum absolute atomic E-state index is 13.7. The lowest BCUT2D eigenvalue weighted by Crippen LogP contribution is -2.51. The fraction of sp³-hybridized carbons (Fsp3) is 0.333. The van der Waals surface area contributed by atoms with E-state index < -0.39 is 16.1 Å². The number of hydrogen-bond acceptors (Lipinski definition) is 5. The molecule has 1 atom stereocenters. The van der Waals surface area contributed by atoms with Crippen LogP contribution in [0.5, 0.6) is 0 Å². The molecule has 4 rings (SSSR count). The molecule has 0 aromatic heterocycles. The Balaban J connectivity index is 1.51. The molecule has 3 aromatic carbocycles. The van der Waals surface area contributed by atoms with Crippen LogP contribution in [0, 0.1) is 0 Å². The van der Waals surface area contributed by atoms with E-state index in [1.54, 1.807) is 29.2 Å². The molecule has 1 saturated carbocycles. The van der Waals surface area contributed by atoms with Gasteiger partial charge >= 0.3 is 0 Å². The Morgan fingerprint density at radius 3 is 2.08 bits per heavy atom. The van der Waals surface area contributed by atoms with Crippen molar-refractivity contribution >= 4 is 21.8 Å². The Morgan fingerprint density at radius 1 is 0.872 bits per heavy atom. The van der Waals surface area contributed by atoms with Gasteiger partial charge in [0.05, 0.1) is 11.5 Å². The van der Waals surface area contributed by atoms with Crippen molar-refractivity contribution in [2.45, 2.75) is 55.6 Å². The quantitative estimate of drug-likeness (QED) is 0.286. The molecule has 39 heavy (non-hydrogen) atoms. The smallest absolute Gasteiger partial charge is 0.243 e. The zero-order valence-electron chi connectivity index (χ0n) is 21.8. The summed E-state index contributed by atoms with van der Waals surface area (Å²) >= 11 is 0. The fourth-order valence-corrected chi connectivity index (χ4v) is 5.65. The number of hydrogen-bond donors (Lipinski definition) is 3. The largest absolute Gasteiger partial charge is 0.395 e. The molecular weight excluding hydrogens is 514 g/mol. The highest BCUT2D eigenvalue weighted by Gasteiger charge is 2.30. The van der Waals surface area contributed by atoms with E-state index in [0.29, 0.717) is 12.8 Å². The maximum Gasteiger partial charge on any atom is 0.243 e. The first-order valence-electron chi connectivity index (χ1n) is 13.2. The minimum atomic E-state index is -3.54. The molecule has 3 N–H and O–H groups in total. The predicted molar refractivity (Wildman–Crippen MR) is 149 cm³/mol. The summed E-state index contributed by atoms with van der Waals surface area (Å²) in [5.41, 5.74) is 2.65. The minimum Gasteiger partial charge on any atom is -0.395 e. The maximum atomic E-state index is 13.7. The van der Waals surface area contributed by atoms with Gasteiger partial charge in [-0.05, 0) is 48.1 Å². The van der Waals surface area contributed by atoms with E-state index in [0.717, 1.165) is 29.5 Å². The third-order valence-corrected chi connectivity index (χ3v) is 8.17. The first-order chi connectivity index (χ1) is 18.9. The van der Waals surface area contributed by atoms with Gasteiger partial charge in [-0.3, -0.25) is 9.59 Å². The summed E-state index contributed by atoms with van der Waals surface area (Å²) in [5, 5.41) is 12.0. The summed E-state index contributed by atoms with van der Waals surface area (Å²) in [6.07, 6.45) is 2.61. The molecule has 0 unspecified atom stereocenters. The number of aliphatic hydroxyl groups excluding tert-OH is 1. The molecule has 1 fully saturated rings. The molecule has 0 aliphatic heterocycles. The normalized spacial score (nSPS) is 14.0. The lowest BCUT2D eigenvalue weighted by Gasteiger charge is -2.31. The second-order valence-corrected chi connectivity index (χ2v) is 11.5. The molecule has 0 saturated heterocycles. The third kappa shape index (κ3) is 8.48. The van der Waals surface area contributed by atoms with Gasteiger partial charge in [0.1, 0.15) is 6.04 Å². The molecule has 0 bridgehead atoms. The van der Waals surface area contributed by atoms with Crippen LogP contribution in [0.4, 0.5) is 0 Å². The molecular formula is C30H35N3O5S. The van der Waals surface area contributed by atoms with Gasteiger partial charge < -0.3 is 15.3 Å². The minimum absolute atomic E-state index is 0.0290. The van der Waals surface area contributed by atoms with Crippen LogP contribution in [-0.4, -0.2) is 55.5 Å². The van der Waals surface area contributed by atoms with Crippen LogP contribution < -0.4 is 10.0 Å². The molecule has 2 amide bonds. The Labute approximate surface area is 230 Å². The Morgan fingerprint density at radius 2 is 1.49 bits per heavy atom. The average molecular weight is 550 g/mol. The first-order valence-corrected chi connectivity index (χ1v) is 14.7. The standard InChI is InChI=1S/C30H35N3O5S/c34-20-19-31-30(36)28(21-24-7-3-1-4-8-24)33(22-25-9-5-2-6-10-25)29(35)18-13-23-11-16-27(17-12-23)39(37,38)32-26-14-15-26/h1-12,16-17,26,28,32,34H,13-15,18-22H2,(H,31,36)/t28-/m0/s1. The van der Waals surface area contributed by atoms with Gasteiger partial charge in [0.25, 0.3) is 0 Å². The Hall–Kier alpha value is -3.53. The molecule has 9 heteroatoms. The fourth-order valence-electron chi connectivity index (χ4n) is 4.35. The Kier molecular flexibility index (Phi) is 9.86. The van der Waals surface area contributed by atoms with Crippen molar-refractivity contribution in [3.63, 3.8) is 0 Å². The zero-order chi connectivity index (χ0) is 27.7. The topological polar surface area (TPSA) is 116 Å². The number of aliphatic hydroxyl groups is 1. The average Bonchev–Trinajstić information content (AvgIpc) is 3.77. The number of amides is 2. The van der Waals surface area contributed by atoms with Crippen LogP contribution in [0.2, 0.25) is 0 Å². The molecule has 0 radical (unpaired) electrons. The van der Waals surface area contributed by atoms with Crippen LogP contribution in [-0.2, 0) is 39.0 Å². The number of sulfonamides is 1. The summed E-state index contributed by atoms with van der Waals surface area (Å²) < 4.78 is 27.6. The molecule has 206 valence electrons. The monoisotopic (exact) mass is 549 g/mol. The van der Waals surface area contributed by atoms with Gasteiger partial charge in [0, 0.05) is 32.0 Å². The van der Waals surface area contributed by atoms with Gasteiger partial charge in [-0.2, -0.15) is 0 Å². The number of carbonyl (C=O) groups is 2. The highest BCUT2D eigenvalue weighted by molar-refractivity contribution is 7.89. The van der Waals surface area contributed by atoms with Crippen LogP contribution in [0.3, 0.4) is 0 Å². The Bertz CT molecular complexity index is 1330. The number of rotatable bonds is 14. The number of aryl methyl sites for hydroxylation is 1. The lowest BCUT2D eigenvalue weighted by atomic mass is 10.0. The van der Waals surface area contributed by atoms with Gasteiger partial charge in [0.2, 0.25) is 21.8 Å². The molecule has 0 spiro atoms. The van der Waals surface area contributed by atoms with E-state index in [-0.39, 0.29) is 48.9 Å². The zero-order valence-corrected chi connectivity index (χ0v) is 22.6. The summed E-state index contributed by atoms with van der Waals surface area (Å²) in [6.45, 7) is 0.161. The summed E-state index contributed by atoms with van der Waals surface area (Å²) in [7, 11) is -3.54. The van der Waals surface area contributed by atoms with E-state index in [2.05, 4.69) is 10.0 Å². The van der Waals surface area contributed by atoms with Crippen LogP contribution in [0.15, 0.2) is 89.8 Å². The molecule has 8 nitrogen and oxygen atoms in total. The SMILES string of the molecule is O=C(NCCO)[C@H](Cc1ccccc1)N(Cc1ccccc1)C(=O)CCc1ccc(S(=O)(=O)NC2CC2)cc1. The van der Waals surface area contributed by atoms with Crippen LogP contribution in [0.25, 0.3) is 0 Å². The van der Waals surface area contributed by atoms with Gasteiger partial charge in [0.15, 0.2) is 0 Å². The van der Waals surface area contributed by atoms with Crippen molar-refractivity contribution in [2.24, 2.45) is 0 Å². The van der Waals surface area contributed by atoms with Gasteiger partial charge in [-0.25, -0.2) is 13.1 Å². The second kappa shape index (κ2) is 13.5. The number of benzene rings is 3. The number of nitrogens with zero attached hydrogens (tertiary/aromatic N) is 1. The third-order valence-electron chi connectivity index (χ3n) is 6.64. The molecule has 1 aliphatic carbocycles. The van der Waals surface area contributed by atoms with Crippen molar-refractivity contribution in [3.8, 4) is 0 Å². The van der Waals surface area contributed by atoms with E-state index in [1.807, 2.05) is 60.7 Å². The number of nitrogens with one attached hydrogen (secondary N) is 2. The van der Waals surface area contributed by atoms with E-state index in [4.69, 9.17) is 0 Å².